The summed E-state index contributed by atoms with van der Waals surface area (Å²) in [5.41, 5.74) is 0.938. The second-order valence-corrected chi connectivity index (χ2v) is 5.93. The molecule has 2 unspecified atom stereocenters. The lowest BCUT2D eigenvalue weighted by molar-refractivity contribution is 0.0418. The quantitative estimate of drug-likeness (QED) is 0.742. The third-order valence-corrected chi connectivity index (χ3v) is 4.54. The Morgan fingerprint density at radius 3 is 2.16 bits per heavy atom. The lowest BCUT2D eigenvalue weighted by atomic mass is 9.75. The fourth-order valence-electron chi connectivity index (χ4n) is 3.26. The Balaban J connectivity index is 2.17. The predicted octanol–water partition coefficient (Wildman–Crippen LogP) is 3.91. The van der Waals surface area contributed by atoms with Gasteiger partial charge in [0, 0.05) is 24.0 Å². The van der Waals surface area contributed by atoms with E-state index in [2.05, 4.69) is 16.9 Å². The summed E-state index contributed by atoms with van der Waals surface area (Å²) >= 11 is 0. The Bertz CT molecular complexity index is 791. The Labute approximate surface area is 148 Å². The molecular formula is C21H22N2O2. The van der Waals surface area contributed by atoms with Crippen molar-refractivity contribution in [3.8, 4) is 5.75 Å². The molecule has 2 atom stereocenters. The molecule has 1 aromatic carbocycles. The van der Waals surface area contributed by atoms with Gasteiger partial charge in [-0.1, -0.05) is 31.2 Å². The Kier molecular flexibility index (Phi) is 5.10. The van der Waals surface area contributed by atoms with E-state index in [0.29, 0.717) is 5.69 Å². The van der Waals surface area contributed by atoms with Gasteiger partial charge in [0.2, 0.25) is 0 Å². The third kappa shape index (κ3) is 3.26. The minimum Gasteiger partial charge on any atom is -0.497 e. The zero-order chi connectivity index (χ0) is 17.7. The average molecular weight is 334 g/mol. The number of hydrogen-bond donors (Lipinski definition) is 1. The van der Waals surface area contributed by atoms with Gasteiger partial charge in [-0.05, 0) is 48.4 Å². The number of methoxy groups -OCH3 is 1. The van der Waals surface area contributed by atoms with Crippen LogP contribution in [0.15, 0.2) is 73.1 Å². The van der Waals surface area contributed by atoms with E-state index in [1.54, 1.807) is 19.5 Å². The summed E-state index contributed by atoms with van der Waals surface area (Å²) < 4.78 is 5.25. The van der Waals surface area contributed by atoms with Gasteiger partial charge >= 0.3 is 0 Å². The van der Waals surface area contributed by atoms with Crippen LogP contribution in [0.3, 0.4) is 0 Å². The Morgan fingerprint density at radius 1 is 0.960 bits per heavy atom. The standard InChI is InChI=1S/C21H22N2O2/c1-3-18(19-8-4-6-14-22-19)21(24,20-9-5-7-15-23-20)16-10-12-17(25-2)13-11-16/h4-15,18,24H,3H2,1-2H3. The molecule has 128 valence electrons. The molecule has 0 aliphatic rings. The topological polar surface area (TPSA) is 55.2 Å². The van der Waals surface area contributed by atoms with E-state index in [-0.39, 0.29) is 5.92 Å². The summed E-state index contributed by atoms with van der Waals surface area (Å²) in [5.74, 6) is 0.523. The molecule has 1 N–H and O–H groups in total. The maximum Gasteiger partial charge on any atom is 0.140 e. The molecule has 0 bridgehead atoms. The van der Waals surface area contributed by atoms with Crippen LogP contribution in [0, 0.1) is 0 Å². The van der Waals surface area contributed by atoms with Crippen molar-refractivity contribution in [2.45, 2.75) is 24.9 Å². The van der Waals surface area contributed by atoms with Crippen molar-refractivity contribution < 1.29 is 9.84 Å². The average Bonchev–Trinajstić information content (AvgIpc) is 2.70. The minimum atomic E-state index is -1.28. The highest BCUT2D eigenvalue weighted by molar-refractivity contribution is 5.40. The van der Waals surface area contributed by atoms with E-state index in [0.717, 1.165) is 23.4 Å². The number of benzene rings is 1. The van der Waals surface area contributed by atoms with Gasteiger partial charge in [-0.15, -0.1) is 0 Å². The normalized spacial score (nSPS) is 14.5. The molecule has 4 heteroatoms. The van der Waals surface area contributed by atoms with Crippen LogP contribution in [0.25, 0.3) is 0 Å². The molecule has 3 aromatic rings. The van der Waals surface area contributed by atoms with Crippen LogP contribution in [0.4, 0.5) is 0 Å². The first kappa shape index (κ1) is 17.1. The van der Waals surface area contributed by atoms with Gasteiger partial charge in [-0.3, -0.25) is 9.97 Å². The summed E-state index contributed by atoms with van der Waals surface area (Å²) in [6, 6.07) is 18.9. The molecule has 0 saturated carbocycles. The monoisotopic (exact) mass is 334 g/mol. The third-order valence-electron chi connectivity index (χ3n) is 4.54. The van der Waals surface area contributed by atoms with Gasteiger partial charge in [-0.25, -0.2) is 0 Å². The van der Waals surface area contributed by atoms with E-state index >= 15 is 0 Å². The molecule has 2 heterocycles. The molecule has 0 radical (unpaired) electrons. The summed E-state index contributed by atoms with van der Waals surface area (Å²) in [4.78, 5) is 8.94. The molecule has 25 heavy (non-hydrogen) atoms. The zero-order valence-electron chi connectivity index (χ0n) is 14.5. The summed E-state index contributed by atoms with van der Waals surface area (Å²) in [5, 5.41) is 11.9. The molecule has 0 amide bonds. The second-order valence-electron chi connectivity index (χ2n) is 5.93. The van der Waals surface area contributed by atoms with Gasteiger partial charge in [0.15, 0.2) is 0 Å². The van der Waals surface area contributed by atoms with Gasteiger partial charge < -0.3 is 9.84 Å². The van der Waals surface area contributed by atoms with Crippen molar-refractivity contribution in [3.05, 3.63) is 90.0 Å². The Hall–Kier alpha value is -2.72. The van der Waals surface area contributed by atoms with Crippen LogP contribution in [-0.2, 0) is 5.60 Å². The number of ether oxygens (including phenoxy) is 1. The molecule has 0 aliphatic heterocycles. The van der Waals surface area contributed by atoms with Crippen molar-refractivity contribution in [2.24, 2.45) is 0 Å². The molecule has 0 fully saturated rings. The zero-order valence-corrected chi connectivity index (χ0v) is 14.5. The van der Waals surface area contributed by atoms with Crippen LogP contribution in [0.5, 0.6) is 5.75 Å². The predicted molar refractivity (Wildman–Crippen MR) is 97.5 cm³/mol. The second kappa shape index (κ2) is 7.45. The van der Waals surface area contributed by atoms with E-state index in [4.69, 9.17) is 4.74 Å². The molecule has 0 saturated heterocycles. The number of rotatable bonds is 6. The van der Waals surface area contributed by atoms with Crippen molar-refractivity contribution in [1.29, 1.82) is 0 Å². The highest BCUT2D eigenvalue weighted by atomic mass is 16.5. The summed E-state index contributed by atoms with van der Waals surface area (Å²) in [6.07, 6.45) is 4.18. The van der Waals surface area contributed by atoms with Crippen LogP contribution >= 0.6 is 0 Å². The minimum absolute atomic E-state index is 0.225. The van der Waals surface area contributed by atoms with Crippen LogP contribution < -0.4 is 4.74 Å². The number of hydrogen-bond acceptors (Lipinski definition) is 4. The number of pyridine rings is 2. The van der Waals surface area contributed by atoms with Gasteiger partial charge in [0.1, 0.15) is 11.4 Å². The van der Waals surface area contributed by atoms with Crippen molar-refractivity contribution in [2.75, 3.05) is 7.11 Å². The molecule has 0 aliphatic carbocycles. The van der Waals surface area contributed by atoms with E-state index in [9.17, 15) is 5.11 Å². The van der Waals surface area contributed by atoms with Gasteiger partial charge in [-0.2, -0.15) is 0 Å². The lowest BCUT2D eigenvalue weighted by Crippen LogP contribution is -2.36. The number of aliphatic hydroxyl groups is 1. The highest BCUT2D eigenvalue weighted by Gasteiger charge is 2.42. The lowest BCUT2D eigenvalue weighted by Gasteiger charge is -2.35. The largest absolute Gasteiger partial charge is 0.497 e. The van der Waals surface area contributed by atoms with Crippen LogP contribution in [0.1, 0.15) is 36.2 Å². The van der Waals surface area contributed by atoms with Crippen molar-refractivity contribution >= 4 is 0 Å². The summed E-state index contributed by atoms with van der Waals surface area (Å²) in [6.45, 7) is 2.05. The number of aromatic nitrogens is 2. The first-order valence-corrected chi connectivity index (χ1v) is 8.39. The van der Waals surface area contributed by atoms with Crippen molar-refractivity contribution in [1.82, 2.24) is 9.97 Å². The van der Waals surface area contributed by atoms with E-state index in [1.807, 2.05) is 60.7 Å². The molecular weight excluding hydrogens is 312 g/mol. The van der Waals surface area contributed by atoms with E-state index in [1.165, 1.54) is 0 Å². The molecule has 2 aromatic heterocycles. The maximum atomic E-state index is 11.9. The maximum absolute atomic E-state index is 11.9. The first-order valence-electron chi connectivity index (χ1n) is 8.39. The summed E-state index contributed by atoms with van der Waals surface area (Å²) in [7, 11) is 1.63. The molecule has 4 nitrogen and oxygen atoms in total. The number of nitrogens with zero attached hydrogens (tertiary/aromatic N) is 2. The van der Waals surface area contributed by atoms with E-state index < -0.39 is 5.60 Å². The Morgan fingerprint density at radius 2 is 1.64 bits per heavy atom. The van der Waals surface area contributed by atoms with Gasteiger partial charge in [0.05, 0.1) is 12.8 Å². The fraction of sp³-hybridized carbons (Fsp3) is 0.238. The molecule has 0 spiro atoms. The first-order chi connectivity index (χ1) is 12.2. The van der Waals surface area contributed by atoms with Crippen molar-refractivity contribution in [3.63, 3.8) is 0 Å². The smallest absolute Gasteiger partial charge is 0.140 e. The highest BCUT2D eigenvalue weighted by Crippen LogP contribution is 2.43. The van der Waals surface area contributed by atoms with Crippen LogP contribution in [-0.4, -0.2) is 22.2 Å². The van der Waals surface area contributed by atoms with Gasteiger partial charge in [0.25, 0.3) is 0 Å². The van der Waals surface area contributed by atoms with Crippen LogP contribution in [0.2, 0.25) is 0 Å². The fourth-order valence-corrected chi connectivity index (χ4v) is 3.26. The molecule has 3 rings (SSSR count). The SMILES string of the molecule is CCC(c1ccccn1)C(O)(c1ccc(OC)cc1)c1ccccn1.